The fraction of sp³-hybridized carbons (Fsp3) is 0.762. The maximum atomic E-state index is 5.75. The van der Waals surface area contributed by atoms with Crippen LogP contribution in [0.5, 0.6) is 0 Å². The van der Waals surface area contributed by atoms with Crippen LogP contribution in [0, 0.1) is 0 Å². The molecule has 0 aromatic carbocycles. The summed E-state index contributed by atoms with van der Waals surface area (Å²) in [6.45, 7) is 24.2. The Morgan fingerprint density at radius 2 is 0.783 bits per heavy atom. The highest BCUT2D eigenvalue weighted by Gasteiger charge is 1.58. The minimum Gasteiger partial charge on any atom is -0.265 e. The van der Waals surface area contributed by atoms with Gasteiger partial charge in [-0.05, 0) is 12.1 Å². The molecule has 147 valence electrons. The molecule has 0 fully saturated rings. The van der Waals surface area contributed by atoms with Crippen molar-refractivity contribution in [3.8, 4) is 0 Å². The van der Waals surface area contributed by atoms with E-state index in [2.05, 4.69) is 18.8 Å². The van der Waals surface area contributed by atoms with Crippen LogP contribution in [-0.4, -0.2) is 13.4 Å². The van der Waals surface area contributed by atoms with Gasteiger partial charge in [0, 0.05) is 22.2 Å². The van der Waals surface area contributed by atoms with E-state index in [1.54, 1.807) is 12.4 Å². The van der Waals surface area contributed by atoms with E-state index in [0.29, 0.717) is 0 Å². The van der Waals surface area contributed by atoms with Crippen molar-refractivity contribution >= 4 is 8.41 Å². The molecule has 0 spiro atoms. The van der Waals surface area contributed by atoms with Gasteiger partial charge in [0.25, 0.3) is 0 Å². The van der Waals surface area contributed by atoms with Gasteiger partial charge in [0.2, 0.25) is 0 Å². The third-order valence-electron chi connectivity index (χ3n) is 0.566. The van der Waals surface area contributed by atoms with Crippen LogP contribution in [0.2, 0.25) is 0 Å². The summed E-state index contributed by atoms with van der Waals surface area (Å²) in [4.78, 5) is 3.78. The monoisotopic (exact) mass is 334 g/mol. The Morgan fingerprint density at radius 3 is 0.826 bits per heavy atom. The first kappa shape index (κ1) is 57.3. The molecule has 0 atom stereocenters. The van der Waals surface area contributed by atoms with E-state index in [1.807, 2.05) is 87.4 Å². The number of aromatic nitrogens is 1. The number of pyridine rings is 1. The van der Waals surface area contributed by atoms with Crippen LogP contribution in [0.3, 0.4) is 0 Å². The molecule has 2 heteroatoms. The molecule has 3 radical (unpaired) electrons. The van der Waals surface area contributed by atoms with Crippen molar-refractivity contribution in [3.63, 3.8) is 0 Å². The molecule has 1 aromatic rings. The summed E-state index contributed by atoms with van der Waals surface area (Å²) >= 11 is 0. The smallest absolute Gasteiger partial charge is 0.0267 e. The number of hydrogen-bond donors (Lipinski definition) is 0. The minimum absolute atomic E-state index is 0. The molecule has 0 unspecified atom stereocenters. The molecule has 1 nitrogen and oxygen atoms in total. The zero-order valence-electron chi connectivity index (χ0n) is 18.6. The Bertz CT molecular complexity index is 101. The van der Waals surface area contributed by atoms with Gasteiger partial charge in [0.1, 0.15) is 0 Å². The summed E-state index contributed by atoms with van der Waals surface area (Å²) in [5, 5.41) is 0. The Kier molecular flexibility index (Phi) is 559. The second-order valence-corrected chi connectivity index (χ2v) is 1.73. The fourth-order valence-corrected chi connectivity index (χ4v) is 0.313. The first-order valence-corrected chi connectivity index (χ1v) is 8.26. The van der Waals surface area contributed by atoms with Gasteiger partial charge < -0.3 is 0 Å². The lowest BCUT2D eigenvalue weighted by Crippen LogP contribution is -1.58. The third kappa shape index (κ3) is 288. The van der Waals surface area contributed by atoms with Gasteiger partial charge in [-0.15, -0.1) is 0 Å². The van der Waals surface area contributed by atoms with Gasteiger partial charge in [0.05, 0.1) is 0 Å². The van der Waals surface area contributed by atoms with Crippen molar-refractivity contribution in [3.05, 3.63) is 30.6 Å². The van der Waals surface area contributed by atoms with E-state index in [0.717, 1.165) is 0 Å². The number of rotatable bonds is 0. The largest absolute Gasteiger partial charge is 0.265 e. The van der Waals surface area contributed by atoms with E-state index in [4.69, 9.17) is 1.37 Å². The van der Waals surface area contributed by atoms with Crippen LogP contribution in [0.4, 0.5) is 0 Å². The third-order valence-corrected chi connectivity index (χ3v) is 0.566. The van der Waals surface area contributed by atoms with Crippen LogP contribution < -0.4 is 0 Å². The summed E-state index contributed by atoms with van der Waals surface area (Å²) in [6, 6.07) is 5.72. The van der Waals surface area contributed by atoms with Crippen molar-refractivity contribution in [1.82, 2.24) is 4.98 Å². The normalized spacial score (nSPS) is 4.48. The standard InChI is InChI=1S/C5H5N.C3H8.5C2H6.3CH4.B/c1-2-4-6-5-3-1;1-3-2;5*1-2;;;;/h1-5H;3H2,1-2H3;5*1-2H3;3*1H4;/i;;;;;;;1T;;;. The maximum Gasteiger partial charge on any atom is 0.0267 e. The average molecular weight is 334 g/mol. The molecule has 0 saturated heterocycles. The Labute approximate surface area is 157 Å². The summed E-state index contributed by atoms with van der Waals surface area (Å²) in [5.41, 5.74) is 0. The zero-order chi connectivity index (χ0) is 18.9. The molecular weight excluding hydrogens is 277 g/mol. The molecule has 0 aliphatic carbocycles. The van der Waals surface area contributed by atoms with Gasteiger partial charge in [-0.3, -0.25) is 4.98 Å². The molecule has 1 heterocycles. The van der Waals surface area contributed by atoms with Crippen molar-refractivity contribution in [1.29, 1.82) is 0 Å². The molecule has 0 aliphatic rings. The van der Waals surface area contributed by atoms with Gasteiger partial charge >= 0.3 is 0 Å². The topological polar surface area (TPSA) is 12.9 Å². The Morgan fingerprint density at radius 1 is 0.609 bits per heavy atom. The van der Waals surface area contributed by atoms with Crippen molar-refractivity contribution < 1.29 is 1.37 Å². The zero-order valence-corrected chi connectivity index (χ0v) is 17.6. The lowest BCUT2D eigenvalue weighted by Gasteiger charge is -1.70. The molecule has 0 amide bonds. The molecule has 0 aliphatic heterocycles. The summed E-state index contributed by atoms with van der Waals surface area (Å²) in [6.07, 6.45) is 4.75. The minimum atomic E-state index is 0. The van der Waals surface area contributed by atoms with Gasteiger partial charge in [-0.1, -0.05) is 118 Å². The van der Waals surface area contributed by atoms with Gasteiger partial charge in [-0.2, -0.15) is 0 Å². The highest BCUT2D eigenvalue weighted by Crippen LogP contribution is 1.73. The van der Waals surface area contributed by atoms with E-state index < -0.39 is 0 Å². The predicted octanol–water partition coefficient (Wildman–Crippen LogP) is 9.16. The fourth-order valence-electron chi connectivity index (χ4n) is 0.313. The second-order valence-electron chi connectivity index (χ2n) is 1.73. The quantitative estimate of drug-likeness (QED) is 0.431. The van der Waals surface area contributed by atoms with E-state index in [-0.39, 0.29) is 23.3 Å². The molecule has 0 bridgehead atoms. The van der Waals surface area contributed by atoms with E-state index in [1.165, 1.54) is 13.8 Å². The predicted molar refractivity (Wildman–Crippen MR) is 123 cm³/mol. The van der Waals surface area contributed by atoms with Crippen LogP contribution in [0.25, 0.3) is 0 Å². The van der Waals surface area contributed by atoms with Crippen LogP contribution >= 0.6 is 0 Å². The molecule has 0 N–H and O–H groups in total. The Balaban J connectivity index is -0.0000000123. The highest BCUT2D eigenvalue weighted by molar-refractivity contribution is 5.75. The van der Waals surface area contributed by atoms with Crippen LogP contribution in [-0.2, 0) is 0 Å². The molecule has 1 rings (SSSR count). The first-order chi connectivity index (χ1) is 10.4. The summed E-state index contributed by atoms with van der Waals surface area (Å²) in [5.74, 6) is 0. The van der Waals surface area contributed by atoms with Crippen LogP contribution in [0.15, 0.2) is 30.6 Å². The number of nitrogens with zero attached hydrogens (tertiary/aromatic N) is 1. The lowest BCUT2D eigenvalue weighted by molar-refractivity contribution is 1.09. The second kappa shape index (κ2) is 224. The number of hydrogen-bond acceptors (Lipinski definition) is 1. The van der Waals surface area contributed by atoms with Crippen molar-refractivity contribution in [2.24, 2.45) is 0 Å². The maximum absolute atomic E-state index is 5.75. The molecular formula is C21H55BN. The average Bonchev–Trinajstić information content (AvgIpc) is 2.67. The molecule has 1 aromatic heterocycles. The lowest BCUT2D eigenvalue weighted by atomic mass is 10.5. The summed E-state index contributed by atoms with van der Waals surface area (Å²) in [7, 11) is 1.25. The van der Waals surface area contributed by atoms with Crippen molar-refractivity contribution in [2.75, 3.05) is 0 Å². The molecule has 23 heavy (non-hydrogen) atoms. The first-order valence-electron chi connectivity index (χ1n) is 9.26. The summed E-state index contributed by atoms with van der Waals surface area (Å²) < 4.78 is 5.75. The Hall–Kier alpha value is -0.785. The molecule has 0 saturated carbocycles. The van der Waals surface area contributed by atoms with Crippen molar-refractivity contribution in [2.45, 2.75) is 112 Å². The van der Waals surface area contributed by atoms with Gasteiger partial charge in [0.15, 0.2) is 0 Å². The van der Waals surface area contributed by atoms with Crippen LogP contribution in [0.1, 0.15) is 113 Å². The van der Waals surface area contributed by atoms with E-state index in [9.17, 15) is 0 Å². The highest BCUT2D eigenvalue weighted by atomic mass is 14.6. The van der Waals surface area contributed by atoms with Gasteiger partial charge in [-0.25, -0.2) is 0 Å². The SMILES string of the molecule is C.C.CC.CC.CC.CC.CC.CCC.[3H]C.[B].c1ccncc1. The van der Waals surface area contributed by atoms with E-state index >= 15 is 0 Å².